The Bertz CT molecular complexity index is 825. The maximum Gasteiger partial charge on any atom is 0.216 e. The van der Waals surface area contributed by atoms with E-state index in [1.807, 2.05) is 20.8 Å². The summed E-state index contributed by atoms with van der Waals surface area (Å²) in [7, 11) is -1.92. The van der Waals surface area contributed by atoms with Crippen molar-refractivity contribution in [1.82, 2.24) is 9.03 Å². The minimum Gasteiger partial charge on any atom is -0.598 e. The number of piperidine rings is 1. The molecule has 1 aromatic carbocycles. The predicted molar refractivity (Wildman–Crippen MR) is 122 cm³/mol. The Kier molecular flexibility index (Phi) is 9.16. The fourth-order valence-corrected chi connectivity index (χ4v) is 5.95. The molecule has 1 aliphatic heterocycles. The minimum absolute atomic E-state index is 0.0389. The third kappa shape index (κ3) is 6.62. The molecule has 0 aromatic heterocycles. The monoisotopic (exact) mass is 500 g/mol. The summed E-state index contributed by atoms with van der Waals surface area (Å²) >= 11 is 10.8. The number of nitrogens with one attached hydrogen (secondary N) is 1. The van der Waals surface area contributed by atoms with Crippen molar-refractivity contribution in [2.45, 2.75) is 44.4 Å². The average Bonchev–Trinajstić information content (AvgIpc) is 2.67. The van der Waals surface area contributed by atoms with Crippen LogP contribution >= 0.6 is 23.2 Å². The van der Waals surface area contributed by atoms with Crippen LogP contribution < -0.4 is 4.72 Å². The van der Waals surface area contributed by atoms with Crippen molar-refractivity contribution in [1.29, 1.82) is 0 Å². The van der Waals surface area contributed by atoms with Crippen molar-refractivity contribution in [3.8, 4) is 5.75 Å². The number of hydrogen-bond donors (Lipinski definition) is 2. The molecule has 11 heteroatoms. The van der Waals surface area contributed by atoms with Gasteiger partial charge in [-0.15, -0.1) is 4.72 Å². The number of phenolic OH excluding ortho intramolecular Hbond substituents is 1. The van der Waals surface area contributed by atoms with Gasteiger partial charge in [0.05, 0.1) is 28.4 Å². The largest absolute Gasteiger partial charge is 0.598 e. The van der Waals surface area contributed by atoms with Gasteiger partial charge in [0.25, 0.3) is 0 Å². The Morgan fingerprint density at radius 1 is 1.30 bits per heavy atom. The van der Waals surface area contributed by atoms with Gasteiger partial charge in [0.2, 0.25) is 10.0 Å². The Balaban J connectivity index is 2.26. The number of benzene rings is 1. The molecule has 0 saturated carbocycles. The summed E-state index contributed by atoms with van der Waals surface area (Å²) in [5.74, 6) is -0.145. The highest BCUT2D eigenvalue weighted by atomic mass is 35.5. The van der Waals surface area contributed by atoms with E-state index in [2.05, 4.69) is 4.72 Å². The molecule has 1 unspecified atom stereocenters. The molecule has 1 heterocycles. The molecule has 0 aliphatic carbocycles. The molecule has 1 aliphatic rings. The number of aromatic hydroxyl groups is 1. The Hall–Kier alpha value is -0.260. The van der Waals surface area contributed by atoms with E-state index in [-0.39, 0.29) is 34.1 Å². The highest BCUT2D eigenvalue weighted by Gasteiger charge is 2.38. The van der Waals surface area contributed by atoms with Crippen molar-refractivity contribution in [2.24, 2.45) is 5.92 Å². The Morgan fingerprint density at radius 2 is 1.87 bits per heavy atom. The van der Waals surface area contributed by atoms with Crippen molar-refractivity contribution in [3.05, 3.63) is 27.7 Å². The summed E-state index contributed by atoms with van der Waals surface area (Å²) in [6, 6.07) is 2.49. The van der Waals surface area contributed by atoms with Crippen LogP contribution in [-0.2, 0) is 26.1 Å². The molecule has 2 rings (SSSR count). The van der Waals surface area contributed by atoms with Gasteiger partial charge < -0.3 is 14.4 Å². The Morgan fingerprint density at radius 3 is 2.40 bits per heavy atom. The van der Waals surface area contributed by atoms with E-state index >= 15 is 0 Å². The maximum atomic E-state index is 12.8. The van der Waals surface area contributed by atoms with Crippen LogP contribution in [-0.4, -0.2) is 59.7 Å². The topological polar surface area (TPSA) is 102 Å². The van der Waals surface area contributed by atoms with Crippen LogP contribution in [0.4, 0.5) is 0 Å². The summed E-state index contributed by atoms with van der Waals surface area (Å²) < 4.78 is 46.7. The van der Waals surface area contributed by atoms with E-state index in [4.69, 9.17) is 27.9 Å². The number of hydrogen-bond acceptors (Lipinski definition) is 6. The second-order valence-electron chi connectivity index (χ2n) is 8.35. The lowest BCUT2D eigenvalue weighted by atomic mass is 9.86. The SMILES string of the molecule is COCCS(=O)(=O)N1CCC(C(N[S@@+]([O-])C(C)(C)C)c2cc(Cl)c(Cl)cc2O)CC1. The summed E-state index contributed by atoms with van der Waals surface area (Å²) in [4.78, 5) is 0. The minimum atomic E-state index is -3.39. The van der Waals surface area contributed by atoms with Crippen LogP contribution in [0.25, 0.3) is 0 Å². The number of rotatable bonds is 8. The van der Waals surface area contributed by atoms with Gasteiger partial charge >= 0.3 is 0 Å². The van der Waals surface area contributed by atoms with E-state index in [0.717, 1.165) is 0 Å². The van der Waals surface area contributed by atoms with E-state index in [9.17, 15) is 18.1 Å². The highest BCUT2D eigenvalue weighted by molar-refractivity contribution is 7.90. The number of nitrogens with zero attached hydrogens (tertiary/aromatic N) is 1. The molecule has 0 bridgehead atoms. The lowest BCUT2D eigenvalue weighted by Gasteiger charge is -2.37. The first-order valence-electron chi connectivity index (χ1n) is 9.69. The van der Waals surface area contributed by atoms with Gasteiger partial charge in [0.15, 0.2) is 0 Å². The molecule has 1 aromatic rings. The lowest BCUT2D eigenvalue weighted by molar-refractivity contribution is 0.209. The van der Waals surface area contributed by atoms with Gasteiger partial charge in [-0.2, -0.15) is 0 Å². The van der Waals surface area contributed by atoms with E-state index in [1.165, 1.54) is 17.5 Å². The molecule has 1 fully saturated rings. The molecule has 30 heavy (non-hydrogen) atoms. The fraction of sp³-hybridized carbons (Fsp3) is 0.684. The number of methoxy groups -OCH3 is 1. The van der Waals surface area contributed by atoms with Crippen LogP contribution in [0.3, 0.4) is 0 Å². The van der Waals surface area contributed by atoms with Gasteiger partial charge in [-0.05, 0) is 45.6 Å². The predicted octanol–water partition coefficient (Wildman–Crippen LogP) is 3.48. The molecule has 1 saturated heterocycles. The molecule has 2 atom stereocenters. The van der Waals surface area contributed by atoms with Crippen molar-refractivity contribution >= 4 is 44.6 Å². The maximum absolute atomic E-state index is 12.8. The fourth-order valence-electron chi connectivity index (χ4n) is 3.31. The van der Waals surface area contributed by atoms with Crippen LogP contribution in [0.5, 0.6) is 5.75 Å². The standard InChI is InChI=1S/C19H30Cl2N2O5S2/c1-19(2,3)29(25)22-18(14-11-15(20)16(21)12-17(14)24)13-5-7-23(8-6-13)30(26,27)10-9-28-4/h11-13,18,22,24H,5-10H2,1-4H3/t18?,29-/m0/s1. The first-order valence-corrected chi connectivity index (χ1v) is 13.2. The third-order valence-corrected chi connectivity index (χ3v) is 9.24. The zero-order valence-corrected chi connectivity index (χ0v) is 20.8. The molecule has 0 spiro atoms. The van der Waals surface area contributed by atoms with Crippen LogP contribution in [0.15, 0.2) is 12.1 Å². The number of sulfonamides is 1. The van der Waals surface area contributed by atoms with Crippen molar-refractivity contribution < 1.29 is 22.8 Å². The summed E-state index contributed by atoms with van der Waals surface area (Å²) in [5.41, 5.74) is 0.502. The van der Waals surface area contributed by atoms with Crippen LogP contribution in [0, 0.1) is 5.92 Å². The summed E-state index contributed by atoms with van der Waals surface area (Å²) in [6.07, 6.45) is 1.09. The van der Waals surface area contributed by atoms with Gasteiger partial charge in [-0.25, -0.2) is 12.7 Å². The first kappa shape index (κ1) is 26.0. The summed E-state index contributed by atoms with van der Waals surface area (Å²) in [5, 5.41) is 11.0. The molecule has 0 radical (unpaired) electrons. The van der Waals surface area contributed by atoms with Crippen molar-refractivity contribution in [2.75, 3.05) is 32.6 Å². The number of ether oxygens (including phenoxy) is 1. The second kappa shape index (κ2) is 10.6. The second-order valence-corrected chi connectivity index (χ2v) is 13.2. The molecule has 0 amide bonds. The van der Waals surface area contributed by atoms with Gasteiger partial charge in [-0.3, -0.25) is 0 Å². The zero-order valence-electron chi connectivity index (χ0n) is 17.7. The molecule has 7 nitrogen and oxygen atoms in total. The zero-order chi connectivity index (χ0) is 22.7. The van der Waals surface area contributed by atoms with E-state index < -0.39 is 32.2 Å². The summed E-state index contributed by atoms with van der Waals surface area (Å²) in [6.45, 7) is 6.40. The van der Waals surface area contributed by atoms with E-state index in [1.54, 1.807) is 6.07 Å². The molecular weight excluding hydrogens is 471 g/mol. The molecular formula is C19H30Cl2N2O5S2. The molecule has 172 valence electrons. The van der Waals surface area contributed by atoms with Gasteiger partial charge in [-0.1, -0.05) is 23.2 Å². The third-order valence-electron chi connectivity index (χ3n) is 5.10. The van der Waals surface area contributed by atoms with Crippen LogP contribution in [0.1, 0.15) is 45.2 Å². The average molecular weight is 501 g/mol. The van der Waals surface area contributed by atoms with E-state index in [0.29, 0.717) is 31.5 Å². The van der Waals surface area contributed by atoms with Gasteiger partial charge in [0, 0.05) is 43.2 Å². The lowest BCUT2D eigenvalue weighted by Crippen LogP contribution is -2.47. The number of phenols is 1. The smallest absolute Gasteiger partial charge is 0.216 e. The first-order chi connectivity index (χ1) is 13.9. The molecule has 2 N–H and O–H groups in total. The quantitative estimate of drug-likeness (QED) is 0.529. The van der Waals surface area contributed by atoms with Crippen LogP contribution in [0.2, 0.25) is 10.0 Å². The normalized spacial score (nSPS) is 19.0. The Labute approximate surface area is 192 Å². The van der Waals surface area contributed by atoms with Gasteiger partial charge in [0.1, 0.15) is 10.5 Å². The van der Waals surface area contributed by atoms with Crippen molar-refractivity contribution in [3.63, 3.8) is 0 Å². The highest BCUT2D eigenvalue weighted by Crippen LogP contribution is 2.40. The number of halogens is 2.